The Kier molecular flexibility index (Phi) is 3.76. The second-order valence-electron chi connectivity index (χ2n) is 4.60. The van der Waals surface area contributed by atoms with Gasteiger partial charge in [0, 0.05) is 0 Å². The molecule has 0 atom stereocenters. The lowest BCUT2D eigenvalue weighted by Crippen LogP contribution is -2.06. The Morgan fingerprint density at radius 2 is 2.06 bits per heavy atom. The van der Waals surface area contributed by atoms with Gasteiger partial charge in [-0.25, -0.2) is 4.39 Å². The molecule has 1 aliphatic carbocycles. The maximum atomic E-state index is 13.1. The van der Waals surface area contributed by atoms with Crippen LogP contribution in [0.15, 0.2) is 35.9 Å². The molecule has 1 fully saturated rings. The quantitative estimate of drug-likeness (QED) is 0.624. The van der Waals surface area contributed by atoms with Crippen LogP contribution in [0, 0.1) is 5.82 Å². The van der Waals surface area contributed by atoms with Gasteiger partial charge in [-0.05, 0) is 55.7 Å². The van der Waals surface area contributed by atoms with Gasteiger partial charge in [-0.3, -0.25) is 0 Å². The summed E-state index contributed by atoms with van der Waals surface area (Å²) >= 11 is 0. The molecule has 0 heterocycles. The fourth-order valence-electron chi connectivity index (χ4n) is 2.58. The lowest BCUT2D eigenvalue weighted by Gasteiger charge is -2.24. The van der Waals surface area contributed by atoms with E-state index < -0.39 is 0 Å². The third kappa shape index (κ3) is 2.72. The first-order valence-electron chi connectivity index (χ1n) is 6.23. The molecule has 0 saturated heterocycles. The summed E-state index contributed by atoms with van der Waals surface area (Å²) in [5.74, 6) is 0.456. The molecule has 1 aliphatic rings. The van der Waals surface area contributed by atoms with Crippen LogP contribution < -0.4 is 0 Å². The van der Waals surface area contributed by atoms with Gasteiger partial charge in [0.25, 0.3) is 0 Å². The minimum Gasteiger partial charge on any atom is -0.207 e. The molecule has 0 aliphatic heterocycles. The minimum absolute atomic E-state index is 0.104. The summed E-state index contributed by atoms with van der Waals surface area (Å²) in [6.07, 6.45) is 8.22. The average molecular weight is 218 g/mol. The van der Waals surface area contributed by atoms with Crippen molar-refractivity contribution in [2.75, 3.05) is 0 Å². The molecule has 1 aromatic carbocycles. The van der Waals surface area contributed by atoms with Gasteiger partial charge >= 0.3 is 0 Å². The normalized spacial score (nSPS) is 20.9. The Labute approximate surface area is 97.2 Å². The molecule has 0 unspecified atom stereocenters. The fourth-order valence-corrected chi connectivity index (χ4v) is 2.58. The second-order valence-corrected chi connectivity index (χ2v) is 4.60. The Morgan fingerprint density at radius 3 is 2.69 bits per heavy atom. The standard InChI is InChI=1S/C15H19F/c1-2-4-12-7-9-13(10-8-12)14-5-3-6-15(16)11-14/h3-6,11,13H,2,7-10H2,1H3. The lowest BCUT2D eigenvalue weighted by molar-refractivity contribution is 0.511. The molecule has 0 nitrogen and oxygen atoms in total. The molecular weight excluding hydrogens is 199 g/mol. The first-order valence-corrected chi connectivity index (χ1v) is 6.23. The third-order valence-electron chi connectivity index (χ3n) is 3.44. The molecule has 2 rings (SSSR count). The fraction of sp³-hybridized carbons (Fsp3) is 0.467. The molecular formula is C15H19F. The molecule has 1 aromatic rings. The van der Waals surface area contributed by atoms with Crippen LogP contribution >= 0.6 is 0 Å². The smallest absolute Gasteiger partial charge is 0.123 e. The topological polar surface area (TPSA) is 0 Å². The van der Waals surface area contributed by atoms with E-state index in [4.69, 9.17) is 0 Å². The molecule has 1 saturated carbocycles. The molecule has 0 bridgehead atoms. The van der Waals surface area contributed by atoms with Crippen molar-refractivity contribution in [2.24, 2.45) is 0 Å². The maximum absolute atomic E-state index is 13.1. The van der Waals surface area contributed by atoms with Crippen molar-refractivity contribution in [1.29, 1.82) is 0 Å². The summed E-state index contributed by atoms with van der Waals surface area (Å²) in [4.78, 5) is 0. The Hall–Kier alpha value is -1.11. The highest BCUT2D eigenvalue weighted by Gasteiger charge is 2.18. The van der Waals surface area contributed by atoms with Crippen LogP contribution in [0.2, 0.25) is 0 Å². The highest BCUT2D eigenvalue weighted by molar-refractivity contribution is 5.23. The highest BCUT2D eigenvalue weighted by Crippen LogP contribution is 2.35. The predicted molar refractivity (Wildman–Crippen MR) is 66.0 cm³/mol. The molecule has 1 heteroatoms. The molecule has 86 valence electrons. The van der Waals surface area contributed by atoms with E-state index in [1.54, 1.807) is 11.6 Å². The van der Waals surface area contributed by atoms with E-state index >= 15 is 0 Å². The lowest BCUT2D eigenvalue weighted by atomic mass is 9.81. The summed E-state index contributed by atoms with van der Waals surface area (Å²) in [6, 6.07) is 7.10. The van der Waals surface area contributed by atoms with Gasteiger partial charge in [0.05, 0.1) is 0 Å². The first-order chi connectivity index (χ1) is 7.79. The minimum atomic E-state index is -0.104. The Bertz CT molecular complexity index is 369. The molecule has 0 radical (unpaired) electrons. The van der Waals surface area contributed by atoms with Crippen LogP contribution in [-0.2, 0) is 0 Å². The molecule has 0 aromatic heterocycles. The van der Waals surface area contributed by atoms with E-state index in [-0.39, 0.29) is 5.82 Å². The van der Waals surface area contributed by atoms with Crippen LogP contribution in [0.1, 0.15) is 50.5 Å². The number of hydrogen-bond acceptors (Lipinski definition) is 0. The largest absolute Gasteiger partial charge is 0.207 e. The van der Waals surface area contributed by atoms with Crippen molar-refractivity contribution in [3.05, 3.63) is 47.3 Å². The first kappa shape index (κ1) is 11.4. The van der Waals surface area contributed by atoms with Gasteiger partial charge in [0.2, 0.25) is 0 Å². The third-order valence-corrected chi connectivity index (χ3v) is 3.44. The van der Waals surface area contributed by atoms with Gasteiger partial charge in [-0.15, -0.1) is 0 Å². The second kappa shape index (κ2) is 5.29. The summed E-state index contributed by atoms with van der Waals surface area (Å²) in [7, 11) is 0. The zero-order chi connectivity index (χ0) is 11.4. The van der Waals surface area contributed by atoms with Gasteiger partial charge in [0.15, 0.2) is 0 Å². The van der Waals surface area contributed by atoms with Crippen molar-refractivity contribution in [2.45, 2.75) is 44.9 Å². The summed E-state index contributed by atoms with van der Waals surface area (Å²) in [6.45, 7) is 2.19. The molecule has 0 N–H and O–H groups in total. The van der Waals surface area contributed by atoms with E-state index in [1.807, 2.05) is 6.07 Å². The Balaban J connectivity index is 2.01. The van der Waals surface area contributed by atoms with E-state index in [1.165, 1.54) is 37.3 Å². The highest BCUT2D eigenvalue weighted by atomic mass is 19.1. The predicted octanol–water partition coefficient (Wildman–Crippen LogP) is 4.82. The molecule has 16 heavy (non-hydrogen) atoms. The van der Waals surface area contributed by atoms with Crippen molar-refractivity contribution in [3.8, 4) is 0 Å². The van der Waals surface area contributed by atoms with Crippen LogP contribution in [0.25, 0.3) is 0 Å². The SMILES string of the molecule is CCC=C1CCC(c2cccc(F)c2)CC1. The molecule has 0 amide bonds. The van der Waals surface area contributed by atoms with Crippen molar-refractivity contribution in [3.63, 3.8) is 0 Å². The number of hydrogen-bond donors (Lipinski definition) is 0. The average Bonchev–Trinajstić information content (AvgIpc) is 2.30. The number of halogens is 1. The van der Waals surface area contributed by atoms with E-state index in [0.29, 0.717) is 5.92 Å². The van der Waals surface area contributed by atoms with Crippen LogP contribution in [-0.4, -0.2) is 0 Å². The zero-order valence-electron chi connectivity index (χ0n) is 9.88. The van der Waals surface area contributed by atoms with Crippen molar-refractivity contribution in [1.82, 2.24) is 0 Å². The van der Waals surface area contributed by atoms with Crippen LogP contribution in [0.4, 0.5) is 4.39 Å². The van der Waals surface area contributed by atoms with Crippen LogP contribution in [0.5, 0.6) is 0 Å². The van der Waals surface area contributed by atoms with Gasteiger partial charge in [-0.1, -0.05) is 30.7 Å². The van der Waals surface area contributed by atoms with E-state index in [2.05, 4.69) is 19.1 Å². The number of rotatable bonds is 2. The van der Waals surface area contributed by atoms with E-state index in [0.717, 1.165) is 6.42 Å². The van der Waals surface area contributed by atoms with Crippen molar-refractivity contribution >= 4 is 0 Å². The summed E-state index contributed by atoms with van der Waals surface area (Å²) in [5, 5.41) is 0. The zero-order valence-corrected chi connectivity index (χ0v) is 9.88. The molecule has 0 spiro atoms. The van der Waals surface area contributed by atoms with Crippen LogP contribution in [0.3, 0.4) is 0 Å². The number of benzene rings is 1. The van der Waals surface area contributed by atoms with Gasteiger partial charge in [-0.2, -0.15) is 0 Å². The Morgan fingerprint density at radius 1 is 1.31 bits per heavy atom. The number of allylic oxidation sites excluding steroid dienone is 2. The van der Waals surface area contributed by atoms with Gasteiger partial charge < -0.3 is 0 Å². The maximum Gasteiger partial charge on any atom is 0.123 e. The van der Waals surface area contributed by atoms with Gasteiger partial charge in [0.1, 0.15) is 5.82 Å². The van der Waals surface area contributed by atoms with Crippen molar-refractivity contribution < 1.29 is 4.39 Å². The summed E-state index contributed by atoms with van der Waals surface area (Å²) in [5.41, 5.74) is 2.77. The summed E-state index contributed by atoms with van der Waals surface area (Å²) < 4.78 is 13.1. The monoisotopic (exact) mass is 218 g/mol. The van der Waals surface area contributed by atoms with E-state index in [9.17, 15) is 4.39 Å².